The summed E-state index contributed by atoms with van der Waals surface area (Å²) in [6.45, 7) is 0. The number of rotatable bonds is 1. The highest BCUT2D eigenvalue weighted by molar-refractivity contribution is 7.97. The molecule has 0 atom stereocenters. The third-order valence-corrected chi connectivity index (χ3v) is 1.56. The van der Waals surface area contributed by atoms with Crippen molar-refractivity contribution in [2.45, 2.75) is 6.18 Å². The molecule has 0 saturated carbocycles. The zero-order chi connectivity index (χ0) is 10.1. The van der Waals surface area contributed by atoms with E-state index in [9.17, 15) is 18.0 Å². The first-order valence-corrected chi connectivity index (χ1v) is 3.62. The van der Waals surface area contributed by atoms with E-state index < -0.39 is 17.0 Å². The van der Waals surface area contributed by atoms with Crippen LogP contribution in [0, 0.1) is 0 Å². The lowest BCUT2D eigenvalue weighted by Gasteiger charge is -2.04. The van der Waals surface area contributed by atoms with Crippen molar-refractivity contribution in [1.82, 2.24) is 4.98 Å². The molecule has 0 bridgehead atoms. The number of hydrogen-bond acceptors (Lipinski definition) is 2. The highest BCUT2D eigenvalue weighted by Crippen LogP contribution is 2.27. The van der Waals surface area contributed by atoms with Crippen molar-refractivity contribution in [2.75, 3.05) is 0 Å². The number of halogens is 3. The van der Waals surface area contributed by atoms with Gasteiger partial charge >= 0.3 is 6.18 Å². The zero-order valence-corrected chi connectivity index (χ0v) is 7.06. The lowest BCUT2D eigenvalue weighted by atomic mass is 10.2. The van der Waals surface area contributed by atoms with Crippen LogP contribution in [0.3, 0.4) is 0 Å². The van der Waals surface area contributed by atoms with Gasteiger partial charge in [0.1, 0.15) is 5.69 Å². The van der Waals surface area contributed by atoms with Crippen molar-refractivity contribution < 1.29 is 18.0 Å². The van der Waals surface area contributed by atoms with Gasteiger partial charge in [0.15, 0.2) is 0 Å². The van der Waals surface area contributed by atoms with Crippen molar-refractivity contribution in [1.29, 1.82) is 0 Å². The molecule has 0 fully saturated rings. The van der Waals surface area contributed by atoms with Crippen molar-refractivity contribution in [2.24, 2.45) is 0 Å². The average molecular weight is 207 g/mol. The normalized spacial score (nSPS) is 11.4. The maximum atomic E-state index is 12.0. The van der Waals surface area contributed by atoms with E-state index in [1.54, 1.807) is 0 Å². The number of nitrogens with zero attached hydrogens (tertiary/aromatic N) is 1. The predicted molar refractivity (Wildman–Crippen MR) is 42.6 cm³/mol. The second kappa shape index (κ2) is 3.37. The van der Waals surface area contributed by atoms with Gasteiger partial charge in [0.2, 0.25) is 5.12 Å². The molecule has 1 aromatic heterocycles. The molecular weight excluding hydrogens is 203 g/mol. The number of pyridine rings is 1. The van der Waals surface area contributed by atoms with E-state index in [2.05, 4.69) is 17.6 Å². The van der Waals surface area contributed by atoms with Crippen molar-refractivity contribution in [3.8, 4) is 0 Å². The molecule has 0 aliphatic heterocycles. The smallest absolute Gasteiger partial charge is 0.282 e. The minimum Gasteiger partial charge on any atom is -0.282 e. The monoisotopic (exact) mass is 207 g/mol. The van der Waals surface area contributed by atoms with Gasteiger partial charge in [0.25, 0.3) is 0 Å². The molecule has 2 nitrogen and oxygen atoms in total. The van der Waals surface area contributed by atoms with Gasteiger partial charge in [-0.2, -0.15) is 13.2 Å². The third kappa shape index (κ3) is 2.45. The maximum Gasteiger partial charge on any atom is 0.433 e. The minimum atomic E-state index is -4.47. The quantitative estimate of drug-likeness (QED) is 0.715. The van der Waals surface area contributed by atoms with Gasteiger partial charge in [-0.25, -0.2) is 0 Å². The van der Waals surface area contributed by atoms with Crippen LogP contribution in [-0.4, -0.2) is 10.1 Å². The molecule has 0 amide bonds. The van der Waals surface area contributed by atoms with Crippen molar-refractivity contribution in [3.05, 3.63) is 29.6 Å². The average Bonchev–Trinajstić information content (AvgIpc) is 2.03. The topological polar surface area (TPSA) is 30.0 Å². The molecule has 1 rings (SSSR count). The third-order valence-electron chi connectivity index (χ3n) is 1.30. The molecule has 70 valence electrons. The second-order valence-electron chi connectivity index (χ2n) is 2.24. The van der Waals surface area contributed by atoms with E-state index in [1.165, 1.54) is 0 Å². The van der Waals surface area contributed by atoms with E-state index in [0.29, 0.717) is 0 Å². The fourth-order valence-corrected chi connectivity index (χ4v) is 0.820. The Balaban J connectivity index is 3.01. The zero-order valence-electron chi connectivity index (χ0n) is 6.17. The summed E-state index contributed by atoms with van der Waals surface area (Å²) in [5, 5.41) is -0.610. The van der Waals surface area contributed by atoms with E-state index in [-0.39, 0.29) is 5.56 Å². The standard InChI is InChI=1S/C7H4F3NOS/c8-7(9,10)5-2-1-4(3-11-5)6(12)13/h1-3H,(H,12,13). The van der Waals surface area contributed by atoms with E-state index in [0.717, 1.165) is 18.3 Å². The minimum absolute atomic E-state index is 0.0383. The Bertz CT molecular complexity index is 320. The predicted octanol–water partition coefficient (Wildman–Crippen LogP) is 2.17. The molecule has 13 heavy (non-hydrogen) atoms. The van der Waals surface area contributed by atoms with Crippen molar-refractivity contribution >= 4 is 17.7 Å². The summed E-state index contributed by atoms with van der Waals surface area (Å²) < 4.78 is 35.9. The Labute approximate surface area is 77.2 Å². The molecule has 0 aromatic carbocycles. The second-order valence-corrected chi connectivity index (χ2v) is 2.64. The Kier molecular flexibility index (Phi) is 2.60. The number of carbonyl (C=O) groups excluding carboxylic acids is 1. The molecule has 0 saturated heterocycles. The van der Waals surface area contributed by atoms with Gasteiger partial charge in [0.05, 0.1) is 0 Å². The van der Waals surface area contributed by atoms with Gasteiger partial charge < -0.3 is 0 Å². The van der Waals surface area contributed by atoms with Crippen LogP contribution in [0.15, 0.2) is 18.3 Å². The number of aromatic nitrogens is 1. The van der Waals surface area contributed by atoms with Gasteiger partial charge in [-0.05, 0) is 12.1 Å². The Morgan fingerprint density at radius 1 is 1.38 bits per heavy atom. The van der Waals surface area contributed by atoms with Crippen LogP contribution in [-0.2, 0) is 6.18 Å². The number of carbonyl (C=O) groups is 1. The van der Waals surface area contributed by atoms with Crippen LogP contribution in [0.4, 0.5) is 13.2 Å². The van der Waals surface area contributed by atoms with E-state index in [4.69, 9.17) is 0 Å². The number of alkyl halides is 3. The van der Waals surface area contributed by atoms with Crippen LogP contribution in [0.1, 0.15) is 16.1 Å². The van der Waals surface area contributed by atoms with Crippen LogP contribution >= 0.6 is 12.6 Å². The van der Waals surface area contributed by atoms with Gasteiger partial charge in [-0.15, -0.1) is 12.6 Å². The molecular formula is C7H4F3NOS. The molecule has 1 heterocycles. The first-order valence-electron chi connectivity index (χ1n) is 3.18. The summed E-state index contributed by atoms with van der Waals surface area (Å²) in [5.74, 6) is 0. The van der Waals surface area contributed by atoms with Crippen LogP contribution in [0.25, 0.3) is 0 Å². The summed E-state index contributed by atoms with van der Waals surface area (Å²) in [7, 11) is 0. The lowest BCUT2D eigenvalue weighted by molar-refractivity contribution is -0.141. The Morgan fingerprint density at radius 2 is 2.00 bits per heavy atom. The molecule has 0 aliphatic rings. The molecule has 6 heteroatoms. The summed E-state index contributed by atoms with van der Waals surface area (Å²) in [5.41, 5.74) is -0.984. The lowest BCUT2D eigenvalue weighted by Crippen LogP contribution is -2.08. The summed E-state index contributed by atoms with van der Waals surface area (Å²) in [6.07, 6.45) is -3.63. The van der Waals surface area contributed by atoms with Crippen LogP contribution < -0.4 is 0 Å². The Hall–Kier alpha value is -1.04. The first kappa shape index (κ1) is 10.0. The SMILES string of the molecule is O=C(S)c1ccc(C(F)(F)F)nc1. The molecule has 1 aromatic rings. The van der Waals surface area contributed by atoms with E-state index >= 15 is 0 Å². The number of thiol groups is 1. The first-order chi connectivity index (χ1) is 5.91. The van der Waals surface area contributed by atoms with Gasteiger partial charge in [-0.3, -0.25) is 9.78 Å². The highest BCUT2D eigenvalue weighted by Gasteiger charge is 2.32. The molecule has 0 spiro atoms. The van der Waals surface area contributed by atoms with Gasteiger partial charge in [0, 0.05) is 11.8 Å². The Morgan fingerprint density at radius 3 is 2.31 bits per heavy atom. The van der Waals surface area contributed by atoms with Crippen LogP contribution in [0.5, 0.6) is 0 Å². The van der Waals surface area contributed by atoms with Gasteiger partial charge in [-0.1, -0.05) is 0 Å². The maximum absolute atomic E-state index is 12.0. The fraction of sp³-hybridized carbons (Fsp3) is 0.143. The number of hydrogen-bond donors (Lipinski definition) is 1. The summed E-state index contributed by atoms with van der Waals surface area (Å²) in [6, 6.07) is 1.77. The summed E-state index contributed by atoms with van der Waals surface area (Å²) in [4.78, 5) is 13.6. The molecule has 0 N–H and O–H groups in total. The summed E-state index contributed by atoms with van der Waals surface area (Å²) >= 11 is 3.43. The molecule has 0 unspecified atom stereocenters. The molecule has 0 aliphatic carbocycles. The molecule has 0 radical (unpaired) electrons. The highest BCUT2D eigenvalue weighted by atomic mass is 32.1. The van der Waals surface area contributed by atoms with Crippen LogP contribution in [0.2, 0.25) is 0 Å². The van der Waals surface area contributed by atoms with Crippen molar-refractivity contribution in [3.63, 3.8) is 0 Å². The fourth-order valence-electron chi connectivity index (χ4n) is 0.688. The largest absolute Gasteiger partial charge is 0.433 e. The van der Waals surface area contributed by atoms with E-state index in [1.807, 2.05) is 0 Å².